The summed E-state index contributed by atoms with van der Waals surface area (Å²) >= 11 is 1.70. The molecule has 1 aromatic rings. The van der Waals surface area contributed by atoms with E-state index in [1.54, 1.807) is 16.2 Å². The third-order valence-electron chi connectivity index (χ3n) is 3.62. The van der Waals surface area contributed by atoms with Crippen molar-refractivity contribution in [1.29, 1.82) is 0 Å². The van der Waals surface area contributed by atoms with Crippen LogP contribution in [0.4, 0.5) is 0 Å². The van der Waals surface area contributed by atoms with E-state index < -0.39 is 0 Å². The molecule has 1 aliphatic carbocycles. The fourth-order valence-corrected chi connectivity index (χ4v) is 3.78. The minimum absolute atomic E-state index is 0.0317. The number of rotatable bonds is 1. The lowest BCUT2D eigenvalue weighted by Crippen LogP contribution is -2.50. The Bertz CT molecular complexity index is 495. The lowest BCUT2D eigenvalue weighted by atomic mass is 9.95. The second-order valence-electron chi connectivity index (χ2n) is 4.83. The van der Waals surface area contributed by atoms with E-state index in [2.05, 4.69) is 5.32 Å². The van der Waals surface area contributed by atoms with E-state index in [4.69, 9.17) is 0 Å². The van der Waals surface area contributed by atoms with Gasteiger partial charge in [-0.15, -0.1) is 11.3 Å². The fourth-order valence-electron chi connectivity index (χ4n) is 2.66. The minimum atomic E-state index is -0.0568. The molecule has 0 radical (unpaired) electrons. The van der Waals surface area contributed by atoms with Crippen molar-refractivity contribution < 1.29 is 9.59 Å². The first-order chi connectivity index (χ1) is 8.75. The Labute approximate surface area is 110 Å². The molecule has 0 unspecified atom stereocenters. The normalized spacial score (nSPS) is 19.3. The fraction of sp³-hybridized carbons (Fsp3) is 0.538. The zero-order chi connectivity index (χ0) is 12.5. The summed E-state index contributed by atoms with van der Waals surface area (Å²) in [5.74, 6) is -0.0250. The highest BCUT2D eigenvalue weighted by Crippen LogP contribution is 2.30. The maximum Gasteiger partial charge on any atom is 0.255 e. The van der Waals surface area contributed by atoms with Crippen LogP contribution in [0.15, 0.2) is 5.38 Å². The van der Waals surface area contributed by atoms with Crippen LogP contribution >= 0.6 is 11.3 Å². The second-order valence-corrected chi connectivity index (χ2v) is 5.80. The van der Waals surface area contributed by atoms with Crippen molar-refractivity contribution in [2.75, 3.05) is 19.6 Å². The molecule has 5 heteroatoms. The Balaban J connectivity index is 1.83. The molecular weight excluding hydrogens is 248 g/mol. The first-order valence-corrected chi connectivity index (χ1v) is 7.29. The number of carbonyl (C=O) groups is 2. The van der Waals surface area contributed by atoms with Gasteiger partial charge in [0.1, 0.15) is 0 Å². The Hall–Kier alpha value is -1.36. The lowest BCUT2D eigenvalue weighted by Gasteiger charge is -2.27. The number of piperazine rings is 1. The summed E-state index contributed by atoms with van der Waals surface area (Å²) in [4.78, 5) is 26.8. The molecule has 0 saturated carbocycles. The van der Waals surface area contributed by atoms with Gasteiger partial charge in [0.15, 0.2) is 0 Å². The molecule has 3 rings (SSSR count). The zero-order valence-corrected chi connectivity index (χ0v) is 11.0. The molecule has 1 N–H and O–H groups in total. The van der Waals surface area contributed by atoms with Crippen LogP contribution in [-0.4, -0.2) is 36.3 Å². The Kier molecular flexibility index (Phi) is 3.07. The molecule has 96 valence electrons. The maximum atomic E-state index is 12.4. The summed E-state index contributed by atoms with van der Waals surface area (Å²) in [6, 6.07) is 0. The predicted molar refractivity (Wildman–Crippen MR) is 69.9 cm³/mol. The topological polar surface area (TPSA) is 49.4 Å². The van der Waals surface area contributed by atoms with Gasteiger partial charge in [0.05, 0.1) is 12.1 Å². The molecule has 2 amide bonds. The molecule has 2 aliphatic rings. The molecule has 1 aliphatic heterocycles. The highest BCUT2D eigenvalue weighted by Gasteiger charge is 2.26. The number of carbonyl (C=O) groups excluding carboxylic acids is 2. The first kappa shape index (κ1) is 11.7. The molecule has 2 heterocycles. The van der Waals surface area contributed by atoms with Crippen molar-refractivity contribution in [1.82, 2.24) is 10.2 Å². The van der Waals surface area contributed by atoms with Crippen molar-refractivity contribution >= 4 is 23.2 Å². The van der Waals surface area contributed by atoms with Crippen LogP contribution in [0.1, 0.15) is 33.6 Å². The van der Waals surface area contributed by atoms with Gasteiger partial charge in [-0.1, -0.05) is 0 Å². The van der Waals surface area contributed by atoms with Crippen molar-refractivity contribution in [3.63, 3.8) is 0 Å². The predicted octanol–water partition coefficient (Wildman–Crippen LogP) is 1.20. The molecule has 1 saturated heterocycles. The van der Waals surface area contributed by atoms with E-state index in [1.165, 1.54) is 23.3 Å². The molecule has 0 spiro atoms. The van der Waals surface area contributed by atoms with Crippen molar-refractivity contribution in [3.8, 4) is 0 Å². The van der Waals surface area contributed by atoms with E-state index in [0.717, 1.165) is 18.4 Å². The Morgan fingerprint density at radius 2 is 2.17 bits per heavy atom. The largest absolute Gasteiger partial charge is 0.353 e. The van der Waals surface area contributed by atoms with Crippen LogP contribution in [-0.2, 0) is 17.6 Å². The van der Waals surface area contributed by atoms with Crippen LogP contribution in [0.3, 0.4) is 0 Å². The molecular formula is C13H16N2O2S. The van der Waals surface area contributed by atoms with Crippen LogP contribution < -0.4 is 5.32 Å². The number of nitrogens with zero attached hydrogens (tertiary/aromatic N) is 1. The molecule has 4 nitrogen and oxygen atoms in total. The van der Waals surface area contributed by atoms with Gasteiger partial charge in [-0.25, -0.2) is 0 Å². The van der Waals surface area contributed by atoms with E-state index >= 15 is 0 Å². The summed E-state index contributed by atoms with van der Waals surface area (Å²) in [5.41, 5.74) is 2.08. The maximum absolute atomic E-state index is 12.4. The van der Waals surface area contributed by atoms with Gasteiger partial charge >= 0.3 is 0 Å². The Morgan fingerprint density at radius 1 is 1.33 bits per heavy atom. The van der Waals surface area contributed by atoms with Crippen LogP contribution in [0.25, 0.3) is 0 Å². The lowest BCUT2D eigenvalue weighted by molar-refractivity contribution is -0.123. The van der Waals surface area contributed by atoms with E-state index in [-0.39, 0.29) is 18.4 Å². The Morgan fingerprint density at radius 3 is 3.00 bits per heavy atom. The average molecular weight is 264 g/mol. The summed E-state index contributed by atoms with van der Waals surface area (Å²) < 4.78 is 0. The van der Waals surface area contributed by atoms with Crippen molar-refractivity contribution in [2.45, 2.75) is 25.7 Å². The standard InChI is InChI=1S/C13H16N2O2S/c16-12-7-15(6-5-14-12)13(17)10-8-18-11-4-2-1-3-9(10)11/h8H,1-7H2,(H,14,16). The summed E-state index contributed by atoms with van der Waals surface area (Å²) in [6.45, 7) is 1.38. The number of fused-ring (bicyclic) bond motifs is 1. The van der Waals surface area contributed by atoms with E-state index in [9.17, 15) is 9.59 Å². The molecule has 0 aromatic carbocycles. The number of amides is 2. The van der Waals surface area contributed by atoms with E-state index in [1.807, 2.05) is 5.38 Å². The van der Waals surface area contributed by atoms with Crippen LogP contribution in [0.5, 0.6) is 0 Å². The van der Waals surface area contributed by atoms with Gasteiger partial charge in [0, 0.05) is 23.3 Å². The number of hydrogen-bond donors (Lipinski definition) is 1. The van der Waals surface area contributed by atoms with Crippen molar-refractivity contribution in [3.05, 3.63) is 21.4 Å². The van der Waals surface area contributed by atoms with Crippen molar-refractivity contribution in [2.24, 2.45) is 0 Å². The van der Waals surface area contributed by atoms with Gasteiger partial charge in [0.25, 0.3) is 5.91 Å². The molecule has 0 bridgehead atoms. The van der Waals surface area contributed by atoms with Crippen LogP contribution in [0, 0.1) is 0 Å². The average Bonchev–Trinajstić information content (AvgIpc) is 2.82. The summed E-state index contributed by atoms with van der Waals surface area (Å²) in [7, 11) is 0. The van der Waals surface area contributed by atoms with Gasteiger partial charge in [-0.2, -0.15) is 0 Å². The number of thiophene rings is 1. The third-order valence-corrected chi connectivity index (χ3v) is 4.71. The molecule has 1 fully saturated rings. The third kappa shape index (κ3) is 2.03. The monoisotopic (exact) mass is 264 g/mol. The van der Waals surface area contributed by atoms with Crippen LogP contribution in [0.2, 0.25) is 0 Å². The molecule has 18 heavy (non-hydrogen) atoms. The molecule has 0 atom stereocenters. The minimum Gasteiger partial charge on any atom is -0.353 e. The first-order valence-electron chi connectivity index (χ1n) is 6.41. The number of nitrogens with one attached hydrogen (secondary N) is 1. The summed E-state index contributed by atoms with van der Waals surface area (Å²) in [5, 5.41) is 4.72. The quantitative estimate of drug-likeness (QED) is 0.828. The van der Waals surface area contributed by atoms with E-state index in [0.29, 0.717) is 13.1 Å². The smallest absolute Gasteiger partial charge is 0.255 e. The highest BCUT2D eigenvalue weighted by molar-refractivity contribution is 7.10. The highest BCUT2D eigenvalue weighted by atomic mass is 32.1. The zero-order valence-electron chi connectivity index (χ0n) is 10.2. The van der Waals surface area contributed by atoms with Gasteiger partial charge in [-0.05, 0) is 31.2 Å². The van der Waals surface area contributed by atoms with Gasteiger partial charge < -0.3 is 10.2 Å². The van der Waals surface area contributed by atoms with Gasteiger partial charge in [0.2, 0.25) is 5.91 Å². The molecule has 1 aromatic heterocycles. The number of hydrogen-bond acceptors (Lipinski definition) is 3. The number of aryl methyl sites for hydroxylation is 1. The second kappa shape index (κ2) is 4.72. The summed E-state index contributed by atoms with van der Waals surface area (Å²) in [6.07, 6.45) is 4.52. The van der Waals surface area contributed by atoms with Gasteiger partial charge in [-0.3, -0.25) is 9.59 Å². The SMILES string of the molecule is O=C1CN(C(=O)c2csc3c2CCCC3)CCN1.